The lowest BCUT2D eigenvalue weighted by molar-refractivity contribution is -0.139. The number of carbonyl (C=O) groups excluding carboxylic acids is 1. The lowest BCUT2D eigenvalue weighted by Gasteiger charge is -2.08. The molecule has 20 heavy (non-hydrogen) atoms. The molecule has 1 aromatic heterocycles. The number of halogens is 1. The predicted molar refractivity (Wildman–Crippen MR) is 78.5 cm³/mol. The number of benzene rings is 1. The summed E-state index contributed by atoms with van der Waals surface area (Å²) < 4.78 is 6.77. The van der Waals surface area contributed by atoms with Crippen LogP contribution in [0.15, 0.2) is 29.4 Å². The molecule has 1 heterocycles. The van der Waals surface area contributed by atoms with Crippen LogP contribution in [0.5, 0.6) is 0 Å². The molecule has 7 heteroatoms. The van der Waals surface area contributed by atoms with Crippen molar-refractivity contribution < 1.29 is 9.53 Å². The van der Waals surface area contributed by atoms with Gasteiger partial charge in [-0.3, -0.25) is 9.36 Å². The standard InChI is InChI=1S/C13H14ClN3O2S/c1-3-19-12(18)8-20-13-16-15-9(2)17(13)11-6-4-10(14)5-7-11/h4-7H,3,8H2,1-2H3. The molecule has 0 saturated carbocycles. The summed E-state index contributed by atoms with van der Waals surface area (Å²) in [7, 11) is 0. The molecular weight excluding hydrogens is 298 g/mol. The van der Waals surface area contributed by atoms with Crippen LogP contribution < -0.4 is 0 Å². The highest BCUT2D eigenvalue weighted by molar-refractivity contribution is 7.99. The van der Waals surface area contributed by atoms with Gasteiger partial charge in [0.05, 0.1) is 12.4 Å². The molecule has 0 amide bonds. The van der Waals surface area contributed by atoms with Crippen LogP contribution >= 0.6 is 23.4 Å². The summed E-state index contributed by atoms with van der Waals surface area (Å²) in [5, 5.41) is 9.45. The zero-order valence-electron chi connectivity index (χ0n) is 11.2. The van der Waals surface area contributed by atoms with Gasteiger partial charge in [-0.15, -0.1) is 10.2 Å². The topological polar surface area (TPSA) is 57.0 Å². The van der Waals surface area contributed by atoms with E-state index in [-0.39, 0.29) is 11.7 Å². The zero-order chi connectivity index (χ0) is 14.5. The Bertz CT molecular complexity index is 598. The summed E-state index contributed by atoms with van der Waals surface area (Å²) >= 11 is 7.18. The highest BCUT2D eigenvalue weighted by atomic mass is 35.5. The van der Waals surface area contributed by atoms with E-state index < -0.39 is 0 Å². The summed E-state index contributed by atoms with van der Waals surface area (Å²) in [6.07, 6.45) is 0. The van der Waals surface area contributed by atoms with Gasteiger partial charge in [-0.25, -0.2) is 0 Å². The molecule has 0 spiro atoms. The first-order valence-corrected chi connectivity index (χ1v) is 7.44. The van der Waals surface area contributed by atoms with Crippen LogP contribution in [0, 0.1) is 6.92 Å². The average Bonchev–Trinajstić information content (AvgIpc) is 2.79. The highest BCUT2D eigenvalue weighted by Gasteiger charge is 2.13. The van der Waals surface area contributed by atoms with Crippen molar-refractivity contribution in [2.24, 2.45) is 0 Å². The van der Waals surface area contributed by atoms with Gasteiger partial charge in [0.25, 0.3) is 0 Å². The molecule has 0 aliphatic carbocycles. The van der Waals surface area contributed by atoms with Crippen LogP contribution in [0.3, 0.4) is 0 Å². The lowest BCUT2D eigenvalue weighted by atomic mass is 10.3. The van der Waals surface area contributed by atoms with Crippen LogP contribution in [0.4, 0.5) is 0 Å². The van der Waals surface area contributed by atoms with Gasteiger partial charge in [-0.1, -0.05) is 23.4 Å². The largest absolute Gasteiger partial charge is 0.465 e. The minimum atomic E-state index is -0.263. The number of carbonyl (C=O) groups is 1. The van der Waals surface area contributed by atoms with E-state index >= 15 is 0 Å². The molecule has 0 aliphatic rings. The Labute approximate surface area is 126 Å². The number of ether oxygens (including phenoxy) is 1. The lowest BCUT2D eigenvalue weighted by Crippen LogP contribution is -2.08. The van der Waals surface area contributed by atoms with Gasteiger partial charge in [0.15, 0.2) is 5.16 Å². The van der Waals surface area contributed by atoms with E-state index in [1.54, 1.807) is 19.1 Å². The van der Waals surface area contributed by atoms with Gasteiger partial charge in [-0.2, -0.15) is 0 Å². The average molecular weight is 312 g/mol. The summed E-state index contributed by atoms with van der Waals surface area (Å²) in [6.45, 7) is 4.02. The summed E-state index contributed by atoms with van der Waals surface area (Å²) in [4.78, 5) is 11.4. The fourth-order valence-electron chi connectivity index (χ4n) is 1.65. The van der Waals surface area contributed by atoms with Gasteiger partial charge in [0.1, 0.15) is 5.82 Å². The van der Waals surface area contributed by atoms with Crippen molar-refractivity contribution in [1.82, 2.24) is 14.8 Å². The van der Waals surface area contributed by atoms with Crippen molar-refractivity contribution in [3.8, 4) is 5.69 Å². The highest BCUT2D eigenvalue weighted by Crippen LogP contribution is 2.22. The Morgan fingerprint density at radius 3 is 2.70 bits per heavy atom. The van der Waals surface area contributed by atoms with Crippen LogP contribution in [0.2, 0.25) is 5.02 Å². The van der Waals surface area contributed by atoms with Crippen LogP contribution in [0.1, 0.15) is 12.7 Å². The first-order valence-electron chi connectivity index (χ1n) is 6.08. The molecule has 0 saturated heterocycles. The number of hydrogen-bond acceptors (Lipinski definition) is 5. The van der Waals surface area contributed by atoms with E-state index in [1.165, 1.54) is 11.8 Å². The third kappa shape index (κ3) is 3.52. The third-order valence-corrected chi connectivity index (χ3v) is 3.66. The smallest absolute Gasteiger partial charge is 0.316 e. The summed E-state index contributed by atoms with van der Waals surface area (Å²) in [6, 6.07) is 7.37. The molecule has 5 nitrogen and oxygen atoms in total. The number of hydrogen-bond donors (Lipinski definition) is 0. The maximum absolute atomic E-state index is 11.4. The maximum atomic E-state index is 11.4. The first-order chi connectivity index (χ1) is 9.61. The Balaban J connectivity index is 2.19. The van der Waals surface area contributed by atoms with Gasteiger partial charge in [-0.05, 0) is 38.1 Å². The summed E-state index contributed by atoms with van der Waals surface area (Å²) in [5.74, 6) is 0.694. The summed E-state index contributed by atoms with van der Waals surface area (Å²) in [5.41, 5.74) is 0.906. The zero-order valence-corrected chi connectivity index (χ0v) is 12.7. The Morgan fingerprint density at radius 2 is 2.05 bits per heavy atom. The molecule has 0 fully saturated rings. The molecule has 0 aliphatic heterocycles. The number of aromatic nitrogens is 3. The molecule has 0 bridgehead atoms. The number of rotatable bonds is 5. The molecule has 2 rings (SSSR count). The predicted octanol–water partition coefficient (Wildman–Crippen LogP) is 2.88. The second-order valence-electron chi connectivity index (χ2n) is 3.94. The Morgan fingerprint density at radius 1 is 1.35 bits per heavy atom. The maximum Gasteiger partial charge on any atom is 0.316 e. The number of esters is 1. The number of aryl methyl sites for hydroxylation is 1. The van der Waals surface area contributed by atoms with E-state index in [4.69, 9.17) is 16.3 Å². The van der Waals surface area contributed by atoms with E-state index in [0.717, 1.165) is 11.5 Å². The number of thioether (sulfide) groups is 1. The van der Waals surface area contributed by atoms with Gasteiger partial charge in [0, 0.05) is 10.7 Å². The second-order valence-corrected chi connectivity index (χ2v) is 5.31. The van der Waals surface area contributed by atoms with Crippen molar-refractivity contribution in [2.45, 2.75) is 19.0 Å². The molecule has 1 aromatic carbocycles. The van der Waals surface area contributed by atoms with Gasteiger partial charge in [0.2, 0.25) is 0 Å². The van der Waals surface area contributed by atoms with E-state index in [9.17, 15) is 4.79 Å². The third-order valence-electron chi connectivity index (χ3n) is 2.50. The first kappa shape index (κ1) is 14.9. The number of nitrogens with zero attached hydrogens (tertiary/aromatic N) is 3. The fourth-order valence-corrected chi connectivity index (χ4v) is 2.57. The molecule has 2 aromatic rings. The minimum absolute atomic E-state index is 0.208. The van der Waals surface area contributed by atoms with Crippen LogP contribution in [-0.4, -0.2) is 33.1 Å². The van der Waals surface area contributed by atoms with Crippen molar-refractivity contribution >= 4 is 29.3 Å². The van der Waals surface area contributed by atoms with Crippen molar-refractivity contribution in [2.75, 3.05) is 12.4 Å². The molecule has 0 radical (unpaired) electrons. The fraction of sp³-hybridized carbons (Fsp3) is 0.308. The quantitative estimate of drug-likeness (QED) is 0.628. The van der Waals surface area contributed by atoms with Crippen LogP contribution in [0.25, 0.3) is 5.69 Å². The van der Waals surface area contributed by atoms with Crippen molar-refractivity contribution in [1.29, 1.82) is 0 Å². The molecule has 0 N–H and O–H groups in total. The molecule has 0 unspecified atom stereocenters. The molecule has 106 valence electrons. The van der Waals surface area contributed by atoms with E-state index in [2.05, 4.69) is 10.2 Å². The van der Waals surface area contributed by atoms with Crippen molar-refractivity contribution in [3.05, 3.63) is 35.1 Å². The monoisotopic (exact) mass is 311 g/mol. The Hall–Kier alpha value is -1.53. The van der Waals surface area contributed by atoms with E-state index in [1.807, 2.05) is 23.6 Å². The minimum Gasteiger partial charge on any atom is -0.465 e. The SMILES string of the molecule is CCOC(=O)CSc1nnc(C)n1-c1ccc(Cl)cc1. The normalized spacial score (nSPS) is 10.6. The molecular formula is C13H14ClN3O2S. The second kappa shape index (κ2) is 6.76. The Kier molecular flexibility index (Phi) is 5.03. The van der Waals surface area contributed by atoms with Crippen molar-refractivity contribution in [3.63, 3.8) is 0 Å². The van der Waals surface area contributed by atoms with Gasteiger partial charge < -0.3 is 4.74 Å². The molecule has 0 atom stereocenters. The van der Waals surface area contributed by atoms with Gasteiger partial charge >= 0.3 is 5.97 Å². The van der Waals surface area contributed by atoms with E-state index in [0.29, 0.717) is 16.8 Å². The van der Waals surface area contributed by atoms with Crippen LogP contribution in [-0.2, 0) is 9.53 Å².